The summed E-state index contributed by atoms with van der Waals surface area (Å²) in [5.41, 5.74) is 0. The van der Waals surface area contributed by atoms with Gasteiger partial charge in [-0.2, -0.15) is 0 Å². The van der Waals surface area contributed by atoms with E-state index in [1.165, 1.54) is 12.8 Å². The lowest BCUT2D eigenvalue weighted by Crippen LogP contribution is -2.48. The Kier molecular flexibility index (Phi) is 4.32. The summed E-state index contributed by atoms with van der Waals surface area (Å²) in [6.45, 7) is 4.88. The average Bonchev–Trinajstić information content (AvgIpc) is 3.03. The van der Waals surface area contributed by atoms with E-state index in [1.54, 1.807) is 0 Å². The van der Waals surface area contributed by atoms with E-state index in [2.05, 4.69) is 5.32 Å². The molecular formula is C14H24N2O3. The maximum Gasteiger partial charge on any atom is 0.317 e. The van der Waals surface area contributed by atoms with Gasteiger partial charge in [-0.25, -0.2) is 4.79 Å². The third-order valence-electron chi connectivity index (χ3n) is 4.15. The number of hydrogen-bond acceptors (Lipinski definition) is 2. The molecule has 5 nitrogen and oxygen atoms in total. The SMILES string of the molecule is CC(C)N(CC1CC1)C(=O)N[C@H]1CC[C@@H](C(=O)O)C1. The highest BCUT2D eigenvalue weighted by molar-refractivity contribution is 5.75. The Balaban J connectivity index is 1.83. The lowest BCUT2D eigenvalue weighted by Gasteiger charge is -2.28. The van der Waals surface area contributed by atoms with Crippen LogP contribution < -0.4 is 5.32 Å². The highest BCUT2D eigenvalue weighted by Gasteiger charge is 2.33. The summed E-state index contributed by atoms with van der Waals surface area (Å²) in [5.74, 6) is -0.361. The number of carboxylic acid groups (broad SMARTS) is 1. The van der Waals surface area contributed by atoms with E-state index in [0.29, 0.717) is 18.8 Å². The van der Waals surface area contributed by atoms with Gasteiger partial charge in [0.25, 0.3) is 0 Å². The first-order valence-corrected chi connectivity index (χ1v) is 7.27. The van der Waals surface area contributed by atoms with Crippen LogP contribution in [0.15, 0.2) is 0 Å². The summed E-state index contributed by atoms with van der Waals surface area (Å²) in [6.07, 6.45) is 4.46. The Morgan fingerprint density at radius 3 is 2.42 bits per heavy atom. The molecule has 108 valence electrons. The third-order valence-corrected chi connectivity index (χ3v) is 4.15. The van der Waals surface area contributed by atoms with Gasteiger partial charge >= 0.3 is 12.0 Å². The van der Waals surface area contributed by atoms with Crippen molar-refractivity contribution in [2.45, 2.75) is 58.0 Å². The topological polar surface area (TPSA) is 69.6 Å². The number of rotatable bonds is 5. The third kappa shape index (κ3) is 3.85. The van der Waals surface area contributed by atoms with Crippen LogP contribution in [-0.2, 0) is 4.79 Å². The number of aliphatic carboxylic acids is 1. The number of carbonyl (C=O) groups is 2. The molecule has 19 heavy (non-hydrogen) atoms. The molecule has 2 amide bonds. The van der Waals surface area contributed by atoms with Gasteiger partial charge in [-0.15, -0.1) is 0 Å². The highest BCUT2D eigenvalue weighted by Crippen LogP contribution is 2.30. The lowest BCUT2D eigenvalue weighted by molar-refractivity contribution is -0.141. The fourth-order valence-corrected chi connectivity index (χ4v) is 2.70. The van der Waals surface area contributed by atoms with Crippen molar-refractivity contribution in [3.63, 3.8) is 0 Å². The summed E-state index contributed by atoms with van der Waals surface area (Å²) in [7, 11) is 0. The summed E-state index contributed by atoms with van der Waals surface area (Å²) in [5, 5.41) is 12.0. The largest absolute Gasteiger partial charge is 0.481 e. The van der Waals surface area contributed by atoms with E-state index in [-0.39, 0.29) is 24.0 Å². The highest BCUT2D eigenvalue weighted by atomic mass is 16.4. The molecular weight excluding hydrogens is 244 g/mol. The molecule has 2 aliphatic carbocycles. The molecule has 0 aliphatic heterocycles. The first-order valence-electron chi connectivity index (χ1n) is 7.27. The molecule has 0 spiro atoms. The molecule has 2 rings (SSSR count). The molecule has 5 heteroatoms. The van der Waals surface area contributed by atoms with Crippen LogP contribution in [-0.4, -0.2) is 40.6 Å². The van der Waals surface area contributed by atoms with E-state index in [4.69, 9.17) is 5.11 Å². The second-order valence-corrected chi connectivity index (χ2v) is 6.18. The number of amides is 2. The van der Waals surface area contributed by atoms with Gasteiger partial charge in [0.05, 0.1) is 5.92 Å². The molecule has 0 aromatic heterocycles. The molecule has 0 bridgehead atoms. The predicted octanol–water partition coefficient (Wildman–Crippen LogP) is 2.07. The van der Waals surface area contributed by atoms with Crippen molar-refractivity contribution in [3.05, 3.63) is 0 Å². The summed E-state index contributed by atoms with van der Waals surface area (Å²) in [6, 6.07) is 0.185. The summed E-state index contributed by atoms with van der Waals surface area (Å²) in [4.78, 5) is 25.0. The Hall–Kier alpha value is -1.26. The molecule has 0 unspecified atom stereocenters. The van der Waals surface area contributed by atoms with Gasteiger partial charge in [-0.05, 0) is 51.9 Å². The zero-order valence-corrected chi connectivity index (χ0v) is 11.8. The number of nitrogens with one attached hydrogen (secondary N) is 1. The Morgan fingerprint density at radius 2 is 1.95 bits per heavy atom. The lowest BCUT2D eigenvalue weighted by atomic mass is 10.1. The molecule has 2 aliphatic rings. The van der Waals surface area contributed by atoms with E-state index in [9.17, 15) is 9.59 Å². The Morgan fingerprint density at radius 1 is 1.26 bits per heavy atom. The van der Waals surface area contributed by atoms with E-state index in [0.717, 1.165) is 13.0 Å². The van der Waals surface area contributed by atoms with Gasteiger partial charge in [0, 0.05) is 18.6 Å². The zero-order valence-electron chi connectivity index (χ0n) is 11.8. The monoisotopic (exact) mass is 268 g/mol. The molecule has 2 atom stereocenters. The minimum atomic E-state index is -0.740. The number of carboxylic acids is 1. The Labute approximate surface area is 114 Å². The van der Waals surface area contributed by atoms with Gasteiger partial charge in [-0.1, -0.05) is 0 Å². The maximum absolute atomic E-state index is 12.2. The summed E-state index contributed by atoms with van der Waals surface area (Å²) >= 11 is 0. The van der Waals surface area contributed by atoms with Crippen molar-refractivity contribution >= 4 is 12.0 Å². The standard InChI is InChI=1S/C14H24N2O3/c1-9(2)16(8-10-3-4-10)14(19)15-12-6-5-11(7-12)13(17)18/h9-12H,3-8H2,1-2H3,(H,15,19)(H,17,18)/t11-,12+/m1/s1. The van der Waals surface area contributed by atoms with Crippen LogP contribution in [0, 0.1) is 11.8 Å². The fraction of sp³-hybridized carbons (Fsp3) is 0.857. The van der Waals surface area contributed by atoms with Crippen molar-refractivity contribution in [3.8, 4) is 0 Å². The summed E-state index contributed by atoms with van der Waals surface area (Å²) < 4.78 is 0. The molecule has 0 heterocycles. The van der Waals surface area contributed by atoms with Gasteiger partial charge in [0.15, 0.2) is 0 Å². The van der Waals surface area contributed by atoms with Gasteiger partial charge in [-0.3, -0.25) is 4.79 Å². The number of carbonyl (C=O) groups excluding carboxylic acids is 1. The van der Waals surface area contributed by atoms with Crippen LogP contribution in [0.25, 0.3) is 0 Å². The zero-order chi connectivity index (χ0) is 14.0. The van der Waals surface area contributed by atoms with Crippen LogP contribution >= 0.6 is 0 Å². The van der Waals surface area contributed by atoms with Crippen molar-refractivity contribution in [1.29, 1.82) is 0 Å². The van der Waals surface area contributed by atoms with Crippen LogP contribution in [0.3, 0.4) is 0 Å². The van der Waals surface area contributed by atoms with Crippen LogP contribution in [0.5, 0.6) is 0 Å². The molecule has 2 fully saturated rings. The van der Waals surface area contributed by atoms with Crippen molar-refractivity contribution < 1.29 is 14.7 Å². The van der Waals surface area contributed by atoms with Crippen molar-refractivity contribution in [2.24, 2.45) is 11.8 Å². The number of hydrogen-bond donors (Lipinski definition) is 2. The first-order chi connectivity index (χ1) is 8.97. The quantitative estimate of drug-likeness (QED) is 0.802. The predicted molar refractivity (Wildman–Crippen MR) is 71.9 cm³/mol. The maximum atomic E-state index is 12.2. The van der Waals surface area contributed by atoms with Gasteiger partial charge < -0.3 is 15.3 Å². The average molecular weight is 268 g/mol. The second-order valence-electron chi connectivity index (χ2n) is 6.18. The van der Waals surface area contributed by atoms with Crippen LogP contribution in [0.1, 0.15) is 46.0 Å². The van der Waals surface area contributed by atoms with Crippen molar-refractivity contribution in [2.75, 3.05) is 6.54 Å². The van der Waals surface area contributed by atoms with Gasteiger partial charge in [0.1, 0.15) is 0 Å². The minimum Gasteiger partial charge on any atom is -0.481 e. The minimum absolute atomic E-state index is 0.0223. The molecule has 0 aromatic rings. The van der Waals surface area contributed by atoms with Crippen molar-refractivity contribution in [1.82, 2.24) is 10.2 Å². The van der Waals surface area contributed by atoms with Gasteiger partial charge in [0.2, 0.25) is 0 Å². The van der Waals surface area contributed by atoms with E-state index < -0.39 is 5.97 Å². The molecule has 2 N–H and O–H groups in total. The Bertz CT molecular complexity index is 353. The van der Waals surface area contributed by atoms with Crippen LogP contribution in [0.4, 0.5) is 4.79 Å². The van der Waals surface area contributed by atoms with E-state index >= 15 is 0 Å². The van der Waals surface area contributed by atoms with E-state index in [1.807, 2.05) is 18.7 Å². The smallest absolute Gasteiger partial charge is 0.317 e. The number of nitrogens with zero attached hydrogens (tertiary/aromatic N) is 1. The fourth-order valence-electron chi connectivity index (χ4n) is 2.70. The molecule has 0 saturated heterocycles. The molecule has 2 saturated carbocycles. The van der Waals surface area contributed by atoms with Crippen LogP contribution in [0.2, 0.25) is 0 Å². The molecule has 0 radical (unpaired) electrons. The molecule has 0 aromatic carbocycles. The number of urea groups is 1. The normalized spacial score (nSPS) is 26.5. The second kappa shape index (κ2) is 5.80. The first kappa shape index (κ1) is 14.2.